The van der Waals surface area contributed by atoms with Crippen LogP contribution in [0.1, 0.15) is 38.2 Å². The number of halogens is 1. The van der Waals surface area contributed by atoms with Gasteiger partial charge in [-0.1, -0.05) is 31.9 Å². The van der Waals surface area contributed by atoms with Crippen molar-refractivity contribution >= 4 is 0 Å². The molecule has 0 aliphatic heterocycles. The topological polar surface area (TPSA) is 26.0 Å². The Labute approximate surface area is 96.9 Å². The van der Waals surface area contributed by atoms with Crippen LogP contribution in [0.2, 0.25) is 0 Å². The van der Waals surface area contributed by atoms with Crippen LogP contribution in [0.5, 0.6) is 0 Å². The number of hydrogen-bond donors (Lipinski definition) is 1. The highest BCUT2D eigenvalue weighted by Gasteiger charge is 2.43. The van der Waals surface area contributed by atoms with E-state index in [1.54, 1.807) is 12.1 Å². The fourth-order valence-electron chi connectivity index (χ4n) is 2.98. The fourth-order valence-corrected chi connectivity index (χ4v) is 2.98. The zero-order chi connectivity index (χ0) is 11.6. The molecule has 0 atom stereocenters. The van der Waals surface area contributed by atoms with E-state index in [-0.39, 0.29) is 11.2 Å². The first-order chi connectivity index (χ1) is 7.70. The lowest BCUT2D eigenvalue weighted by Crippen LogP contribution is -2.47. The summed E-state index contributed by atoms with van der Waals surface area (Å²) in [6, 6.07) is 6.87. The second kappa shape index (κ2) is 4.54. The fraction of sp³-hybridized carbons (Fsp3) is 0.571. The Kier molecular flexibility index (Phi) is 3.29. The molecule has 1 nitrogen and oxygen atoms in total. The number of hydrogen-bond acceptors (Lipinski definition) is 1. The van der Waals surface area contributed by atoms with Crippen LogP contribution in [-0.4, -0.2) is 6.54 Å². The molecule has 0 heterocycles. The second-order valence-electron chi connectivity index (χ2n) is 5.05. The van der Waals surface area contributed by atoms with Crippen LogP contribution in [0.25, 0.3) is 0 Å². The molecule has 0 unspecified atom stereocenters. The van der Waals surface area contributed by atoms with Gasteiger partial charge >= 0.3 is 0 Å². The van der Waals surface area contributed by atoms with Crippen LogP contribution in [-0.2, 0) is 5.41 Å². The molecule has 0 aromatic heterocycles. The van der Waals surface area contributed by atoms with Gasteiger partial charge in [-0.15, -0.1) is 0 Å². The van der Waals surface area contributed by atoms with Gasteiger partial charge in [-0.25, -0.2) is 4.39 Å². The van der Waals surface area contributed by atoms with Gasteiger partial charge in [0.15, 0.2) is 0 Å². The van der Waals surface area contributed by atoms with Crippen molar-refractivity contribution in [3.63, 3.8) is 0 Å². The molecule has 0 saturated heterocycles. The third-order valence-corrected chi connectivity index (χ3v) is 3.90. The summed E-state index contributed by atoms with van der Waals surface area (Å²) in [5, 5.41) is 0. The van der Waals surface area contributed by atoms with E-state index in [1.165, 1.54) is 31.2 Å². The predicted molar refractivity (Wildman–Crippen MR) is 64.8 cm³/mol. The molecule has 0 bridgehead atoms. The van der Waals surface area contributed by atoms with Crippen LogP contribution in [0.15, 0.2) is 24.3 Å². The van der Waals surface area contributed by atoms with E-state index in [2.05, 4.69) is 6.92 Å². The average molecular weight is 221 g/mol. The molecule has 88 valence electrons. The van der Waals surface area contributed by atoms with Gasteiger partial charge in [0.05, 0.1) is 0 Å². The quantitative estimate of drug-likeness (QED) is 0.830. The van der Waals surface area contributed by atoms with Crippen molar-refractivity contribution in [3.05, 3.63) is 35.6 Å². The van der Waals surface area contributed by atoms with Crippen LogP contribution in [0, 0.1) is 11.7 Å². The maximum atomic E-state index is 12.9. The summed E-state index contributed by atoms with van der Waals surface area (Å²) in [7, 11) is 0. The van der Waals surface area contributed by atoms with Crippen molar-refractivity contribution in [2.75, 3.05) is 6.54 Å². The molecule has 2 heteroatoms. The van der Waals surface area contributed by atoms with Crippen molar-refractivity contribution in [2.24, 2.45) is 11.7 Å². The monoisotopic (exact) mass is 221 g/mol. The maximum Gasteiger partial charge on any atom is 0.123 e. The zero-order valence-corrected chi connectivity index (χ0v) is 9.88. The van der Waals surface area contributed by atoms with E-state index >= 15 is 0 Å². The molecule has 1 aromatic rings. The third-order valence-electron chi connectivity index (χ3n) is 3.90. The molecule has 1 aliphatic carbocycles. The Hall–Kier alpha value is -0.890. The summed E-state index contributed by atoms with van der Waals surface area (Å²) in [6.45, 7) is 2.90. The van der Waals surface area contributed by atoms with Crippen LogP contribution < -0.4 is 5.73 Å². The molecule has 0 radical (unpaired) electrons. The van der Waals surface area contributed by atoms with E-state index in [1.807, 2.05) is 12.1 Å². The van der Waals surface area contributed by atoms with Crippen molar-refractivity contribution in [2.45, 2.75) is 38.0 Å². The summed E-state index contributed by atoms with van der Waals surface area (Å²) < 4.78 is 12.9. The maximum absolute atomic E-state index is 12.9. The van der Waals surface area contributed by atoms with Crippen molar-refractivity contribution in [1.29, 1.82) is 0 Å². The van der Waals surface area contributed by atoms with E-state index in [9.17, 15) is 4.39 Å². The lowest BCUT2D eigenvalue weighted by molar-refractivity contribution is 0.139. The van der Waals surface area contributed by atoms with Crippen LogP contribution >= 0.6 is 0 Å². The molecule has 2 rings (SSSR count). The molecule has 16 heavy (non-hydrogen) atoms. The molecular weight excluding hydrogens is 201 g/mol. The molecular formula is C14H20FN. The summed E-state index contributed by atoms with van der Waals surface area (Å²) in [6.07, 6.45) is 4.88. The Balaban J connectivity index is 2.09. The highest BCUT2D eigenvalue weighted by Crippen LogP contribution is 2.48. The molecule has 0 amide bonds. The van der Waals surface area contributed by atoms with Crippen molar-refractivity contribution in [1.82, 2.24) is 0 Å². The minimum absolute atomic E-state index is 0.132. The SMILES string of the molecule is CCCC1CC(CN)(c2ccc(F)cc2)C1. The molecule has 1 aliphatic rings. The lowest BCUT2D eigenvalue weighted by atomic mass is 9.57. The van der Waals surface area contributed by atoms with Crippen LogP contribution in [0.3, 0.4) is 0 Å². The number of nitrogens with two attached hydrogens (primary N) is 1. The van der Waals surface area contributed by atoms with Crippen LogP contribution in [0.4, 0.5) is 4.39 Å². The normalized spacial score (nSPS) is 28.8. The number of rotatable bonds is 4. The molecule has 0 spiro atoms. The van der Waals surface area contributed by atoms with Gasteiger partial charge in [-0.05, 0) is 36.5 Å². The first-order valence-electron chi connectivity index (χ1n) is 6.16. The zero-order valence-electron chi connectivity index (χ0n) is 9.88. The standard InChI is InChI=1S/C14H20FN/c1-2-3-11-8-14(9-11,10-16)12-4-6-13(15)7-5-12/h4-7,11H,2-3,8-10,16H2,1H3. The second-order valence-corrected chi connectivity index (χ2v) is 5.05. The minimum atomic E-state index is -0.166. The van der Waals surface area contributed by atoms with E-state index in [4.69, 9.17) is 5.73 Å². The van der Waals surface area contributed by atoms with Gasteiger partial charge in [0.25, 0.3) is 0 Å². The largest absolute Gasteiger partial charge is 0.330 e. The average Bonchev–Trinajstić information content (AvgIpc) is 2.24. The van der Waals surface area contributed by atoms with Crippen molar-refractivity contribution in [3.8, 4) is 0 Å². The van der Waals surface area contributed by atoms with E-state index in [0.29, 0.717) is 6.54 Å². The highest BCUT2D eigenvalue weighted by atomic mass is 19.1. The molecule has 2 N–H and O–H groups in total. The van der Waals surface area contributed by atoms with Gasteiger partial charge < -0.3 is 5.73 Å². The first kappa shape index (κ1) is 11.6. The van der Waals surface area contributed by atoms with Gasteiger partial charge in [0.1, 0.15) is 5.82 Å². The Morgan fingerprint density at radius 2 is 1.94 bits per heavy atom. The number of benzene rings is 1. The summed E-state index contributed by atoms with van der Waals surface area (Å²) >= 11 is 0. The Morgan fingerprint density at radius 3 is 2.44 bits per heavy atom. The predicted octanol–water partition coefficient (Wildman–Crippen LogP) is 3.23. The lowest BCUT2D eigenvalue weighted by Gasteiger charge is -2.48. The van der Waals surface area contributed by atoms with Gasteiger partial charge in [0.2, 0.25) is 0 Å². The molecule has 1 aromatic carbocycles. The first-order valence-corrected chi connectivity index (χ1v) is 6.16. The summed E-state index contributed by atoms with van der Waals surface area (Å²) in [4.78, 5) is 0. The Bertz CT molecular complexity index is 338. The third kappa shape index (κ3) is 1.99. The minimum Gasteiger partial charge on any atom is -0.330 e. The molecule has 1 saturated carbocycles. The molecule has 1 fully saturated rings. The smallest absolute Gasteiger partial charge is 0.123 e. The van der Waals surface area contributed by atoms with Crippen molar-refractivity contribution < 1.29 is 4.39 Å². The van der Waals surface area contributed by atoms with Gasteiger partial charge in [-0.3, -0.25) is 0 Å². The summed E-state index contributed by atoms with van der Waals surface area (Å²) in [5.41, 5.74) is 7.25. The summed E-state index contributed by atoms with van der Waals surface area (Å²) in [5.74, 6) is 0.652. The highest BCUT2D eigenvalue weighted by molar-refractivity contribution is 5.29. The van der Waals surface area contributed by atoms with Gasteiger partial charge in [-0.2, -0.15) is 0 Å². The van der Waals surface area contributed by atoms with E-state index < -0.39 is 0 Å². The van der Waals surface area contributed by atoms with E-state index in [0.717, 1.165) is 5.92 Å². The Morgan fingerprint density at radius 1 is 1.31 bits per heavy atom. The van der Waals surface area contributed by atoms with Gasteiger partial charge in [0, 0.05) is 12.0 Å².